The number of carbonyl (C=O) groups is 1. The van der Waals surface area contributed by atoms with Crippen molar-refractivity contribution in [2.75, 3.05) is 33.4 Å². The highest BCUT2D eigenvalue weighted by atomic mass is 35.5. The van der Waals surface area contributed by atoms with Crippen molar-refractivity contribution in [3.8, 4) is 11.5 Å². The molecule has 0 spiro atoms. The number of benzene rings is 2. The van der Waals surface area contributed by atoms with Gasteiger partial charge in [-0.3, -0.25) is 4.79 Å². The number of aryl methyl sites for hydroxylation is 1. The number of halogens is 2. The molecule has 11 heteroatoms. The molecule has 1 saturated carbocycles. The van der Waals surface area contributed by atoms with Gasteiger partial charge in [0.15, 0.2) is 5.75 Å². The molecule has 240 valence electrons. The Morgan fingerprint density at radius 3 is 2.73 bits per heavy atom. The van der Waals surface area contributed by atoms with E-state index < -0.39 is 0 Å². The van der Waals surface area contributed by atoms with E-state index in [0.29, 0.717) is 42.2 Å². The van der Waals surface area contributed by atoms with Crippen molar-refractivity contribution in [3.05, 3.63) is 78.2 Å². The van der Waals surface area contributed by atoms with Crippen molar-refractivity contribution >= 4 is 46.0 Å². The third-order valence-electron chi connectivity index (χ3n) is 8.97. The number of rotatable bonds is 12. The second kappa shape index (κ2) is 14.0. The van der Waals surface area contributed by atoms with E-state index >= 15 is 0 Å². The fourth-order valence-corrected chi connectivity index (χ4v) is 7.76. The number of hydrogen-bond acceptors (Lipinski definition) is 8. The molecule has 2 aliphatic heterocycles. The smallest absolute Gasteiger partial charge is 0.252 e. The summed E-state index contributed by atoms with van der Waals surface area (Å²) >= 11 is 14.4. The second-order valence-corrected chi connectivity index (χ2v) is 13.9. The Labute approximate surface area is 279 Å². The SMILES string of the molecule is COc1cccc(CN(C(=O)C2=C(c3cnc(COCCOc4c(Cl)cc(C)c(C)c4Cl)s3)CC3CNC[C@H]2N3)C2CC2)c1C. The zero-order valence-corrected chi connectivity index (χ0v) is 28.5. The van der Waals surface area contributed by atoms with E-state index in [1.807, 2.05) is 38.2 Å². The molecule has 3 heterocycles. The van der Waals surface area contributed by atoms with Crippen molar-refractivity contribution in [2.45, 2.75) is 71.3 Å². The molecule has 45 heavy (non-hydrogen) atoms. The lowest BCUT2D eigenvalue weighted by molar-refractivity contribution is -0.128. The molecule has 1 aromatic heterocycles. The van der Waals surface area contributed by atoms with Crippen LogP contribution in [0.2, 0.25) is 10.0 Å². The molecule has 2 aromatic carbocycles. The molecule has 2 bridgehead atoms. The summed E-state index contributed by atoms with van der Waals surface area (Å²) in [5, 5.41) is 9.12. The van der Waals surface area contributed by atoms with Crippen LogP contribution < -0.4 is 20.1 Å². The van der Waals surface area contributed by atoms with Crippen molar-refractivity contribution in [3.63, 3.8) is 0 Å². The Bertz CT molecular complexity index is 1600. The molecule has 3 aliphatic rings. The molecule has 3 aromatic rings. The van der Waals surface area contributed by atoms with Crippen LogP contribution in [0.5, 0.6) is 11.5 Å². The van der Waals surface area contributed by atoms with Gasteiger partial charge in [-0.25, -0.2) is 4.98 Å². The lowest BCUT2D eigenvalue weighted by Crippen LogP contribution is -2.59. The summed E-state index contributed by atoms with van der Waals surface area (Å²) in [5.41, 5.74) is 6.13. The lowest BCUT2D eigenvalue weighted by Gasteiger charge is -2.40. The number of carbonyl (C=O) groups excluding carboxylic acids is 1. The summed E-state index contributed by atoms with van der Waals surface area (Å²) in [4.78, 5) is 22.3. The predicted molar refractivity (Wildman–Crippen MR) is 180 cm³/mol. The van der Waals surface area contributed by atoms with Crippen molar-refractivity contribution in [1.82, 2.24) is 20.5 Å². The highest BCUT2D eigenvalue weighted by Crippen LogP contribution is 2.39. The van der Waals surface area contributed by atoms with Crippen molar-refractivity contribution in [2.24, 2.45) is 0 Å². The minimum absolute atomic E-state index is 0.0457. The Hall–Kier alpha value is -2.66. The largest absolute Gasteiger partial charge is 0.496 e. The first-order valence-electron chi connectivity index (χ1n) is 15.5. The number of nitrogens with zero attached hydrogens (tertiary/aromatic N) is 2. The van der Waals surface area contributed by atoms with Crippen LogP contribution in [0.4, 0.5) is 0 Å². The number of fused-ring (bicyclic) bond motifs is 2. The fourth-order valence-electron chi connectivity index (χ4n) is 6.17. The van der Waals surface area contributed by atoms with Crippen LogP contribution in [0, 0.1) is 20.8 Å². The topological polar surface area (TPSA) is 85.0 Å². The van der Waals surface area contributed by atoms with Crippen LogP contribution in [0.3, 0.4) is 0 Å². The molecule has 8 nitrogen and oxygen atoms in total. The number of piperazine rings is 1. The maximum absolute atomic E-state index is 14.5. The maximum Gasteiger partial charge on any atom is 0.252 e. The number of hydrogen-bond donors (Lipinski definition) is 2. The summed E-state index contributed by atoms with van der Waals surface area (Å²) < 4.78 is 17.3. The van der Waals surface area contributed by atoms with E-state index in [4.69, 9.17) is 37.4 Å². The number of amides is 1. The van der Waals surface area contributed by atoms with Crippen LogP contribution in [0.1, 0.15) is 51.4 Å². The van der Waals surface area contributed by atoms with Gasteiger partial charge in [0, 0.05) is 43.5 Å². The van der Waals surface area contributed by atoms with Gasteiger partial charge < -0.3 is 29.7 Å². The summed E-state index contributed by atoms with van der Waals surface area (Å²) in [5.74, 6) is 1.44. The number of thiazole rings is 1. The molecule has 1 unspecified atom stereocenters. The van der Waals surface area contributed by atoms with E-state index in [-0.39, 0.29) is 24.0 Å². The molecule has 1 aliphatic carbocycles. The second-order valence-electron chi connectivity index (χ2n) is 12.0. The summed E-state index contributed by atoms with van der Waals surface area (Å²) in [6.45, 7) is 9.18. The lowest BCUT2D eigenvalue weighted by atomic mass is 9.86. The number of nitrogens with one attached hydrogen (secondary N) is 2. The molecule has 1 amide bonds. The molecule has 2 N–H and O–H groups in total. The third kappa shape index (κ3) is 7.04. The van der Waals surface area contributed by atoms with E-state index in [0.717, 1.165) is 81.4 Å². The van der Waals surface area contributed by atoms with Crippen LogP contribution in [0.15, 0.2) is 36.0 Å². The minimum atomic E-state index is -0.0457. The molecule has 2 fully saturated rings. The zero-order chi connectivity index (χ0) is 31.7. The van der Waals surface area contributed by atoms with Gasteiger partial charge in [0.1, 0.15) is 17.4 Å². The van der Waals surface area contributed by atoms with Crippen molar-refractivity contribution < 1.29 is 19.0 Å². The maximum atomic E-state index is 14.5. The Kier molecular flexibility index (Phi) is 10.0. The number of methoxy groups -OCH3 is 1. The van der Waals surface area contributed by atoms with Crippen LogP contribution >= 0.6 is 34.5 Å². The van der Waals surface area contributed by atoms with Gasteiger partial charge in [-0.15, -0.1) is 11.3 Å². The Morgan fingerprint density at radius 1 is 1.13 bits per heavy atom. The van der Waals surface area contributed by atoms with Gasteiger partial charge >= 0.3 is 0 Å². The highest BCUT2D eigenvalue weighted by Gasteiger charge is 2.41. The fraction of sp³-hybridized carbons (Fsp3) is 0.471. The molecular weight excluding hydrogens is 631 g/mol. The summed E-state index contributed by atoms with van der Waals surface area (Å²) in [6, 6.07) is 8.41. The van der Waals surface area contributed by atoms with E-state index in [2.05, 4.69) is 33.5 Å². The predicted octanol–water partition coefficient (Wildman–Crippen LogP) is 6.26. The molecular formula is C34H40Cl2N4O4S. The molecule has 2 atom stereocenters. The highest BCUT2D eigenvalue weighted by molar-refractivity contribution is 7.12. The normalized spacial score (nSPS) is 19.5. The van der Waals surface area contributed by atoms with Crippen LogP contribution in [0.25, 0.3) is 5.57 Å². The standard InChI is InChI=1S/C34H40Cl2N4O4S/c1-19-12-26(35)33(32(36)20(19)2)44-11-10-43-18-30-38-16-29(45-30)25-13-23-14-37-15-27(39-23)31(25)34(41)40(24-8-9-24)17-22-6-5-7-28(42-4)21(22)3/h5-7,12,16,23-24,27,37,39H,8-11,13-15,17-18H2,1-4H3/t23?,27-/m1/s1. The summed E-state index contributed by atoms with van der Waals surface area (Å²) in [6.07, 6.45) is 4.74. The quantitative estimate of drug-likeness (QED) is 0.220. The average molecular weight is 672 g/mol. The molecule has 6 rings (SSSR count). The molecule has 1 saturated heterocycles. The zero-order valence-electron chi connectivity index (χ0n) is 26.2. The number of aromatic nitrogens is 1. The van der Waals surface area contributed by atoms with Gasteiger partial charge in [0.05, 0.1) is 41.3 Å². The van der Waals surface area contributed by atoms with E-state index in [9.17, 15) is 4.79 Å². The first-order chi connectivity index (χ1) is 21.7. The Morgan fingerprint density at radius 2 is 1.96 bits per heavy atom. The first-order valence-corrected chi connectivity index (χ1v) is 17.1. The first kappa shape index (κ1) is 32.3. The van der Waals surface area contributed by atoms with Crippen LogP contribution in [-0.4, -0.2) is 67.3 Å². The van der Waals surface area contributed by atoms with E-state index in [1.54, 1.807) is 18.4 Å². The van der Waals surface area contributed by atoms with E-state index in [1.165, 1.54) is 0 Å². The molecule has 0 radical (unpaired) electrons. The minimum Gasteiger partial charge on any atom is -0.496 e. The van der Waals surface area contributed by atoms with Crippen molar-refractivity contribution in [1.29, 1.82) is 0 Å². The Balaban J connectivity index is 1.17. The van der Waals surface area contributed by atoms with Crippen LogP contribution in [-0.2, 0) is 22.7 Å². The van der Waals surface area contributed by atoms with Gasteiger partial charge in [0.2, 0.25) is 0 Å². The summed E-state index contributed by atoms with van der Waals surface area (Å²) in [7, 11) is 1.69. The van der Waals surface area contributed by atoms with Gasteiger partial charge in [-0.2, -0.15) is 0 Å². The van der Waals surface area contributed by atoms with Gasteiger partial charge in [-0.1, -0.05) is 35.3 Å². The number of ether oxygens (including phenoxy) is 3. The third-order valence-corrected chi connectivity index (χ3v) is 10.7. The van der Waals surface area contributed by atoms with Gasteiger partial charge in [-0.05, 0) is 80.0 Å². The average Bonchev–Trinajstić information content (AvgIpc) is 3.76. The van der Waals surface area contributed by atoms with Gasteiger partial charge in [0.25, 0.3) is 5.91 Å². The monoisotopic (exact) mass is 670 g/mol.